The van der Waals surface area contributed by atoms with E-state index in [-0.39, 0.29) is 18.0 Å². The van der Waals surface area contributed by atoms with E-state index in [1.54, 1.807) is 0 Å². The molecule has 0 saturated carbocycles. The maximum absolute atomic E-state index is 13.3. The summed E-state index contributed by atoms with van der Waals surface area (Å²) in [5.41, 5.74) is 0.0392. The molecule has 0 fully saturated rings. The highest BCUT2D eigenvalue weighted by Crippen LogP contribution is 2.20. The summed E-state index contributed by atoms with van der Waals surface area (Å²) in [6.45, 7) is -0.147. The lowest BCUT2D eigenvalue weighted by Gasteiger charge is -2.09. The number of halogens is 1. The molecule has 1 aromatic rings. The van der Waals surface area contributed by atoms with Gasteiger partial charge in [-0.25, -0.2) is 12.8 Å². The van der Waals surface area contributed by atoms with Crippen LogP contribution in [0.25, 0.3) is 0 Å². The van der Waals surface area contributed by atoms with Gasteiger partial charge in [-0.15, -0.1) is 0 Å². The van der Waals surface area contributed by atoms with Crippen molar-refractivity contribution in [3.63, 3.8) is 0 Å². The van der Waals surface area contributed by atoms with Gasteiger partial charge in [0.15, 0.2) is 0 Å². The summed E-state index contributed by atoms with van der Waals surface area (Å²) >= 11 is 0. The summed E-state index contributed by atoms with van der Waals surface area (Å²) in [6.07, 6.45) is 0.905. The number of hydrogen-bond acceptors (Lipinski definition) is 4. The molecule has 1 rings (SSSR count). The number of methoxy groups -OCH3 is 1. The first-order valence-corrected chi connectivity index (χ1v) is 6.77. The van der Waals surface area contributed by atoms with E-state index >= 15 is 0 Å². The minimum atomic E-state index is -3.58. The molecule has 8 heteroatoms. The van der Waals surface area contributed by atoms with E-state index in [9.17, 15) is 17.6 Å². The Kier molecular flexibility index (Phi) is 4.62. The molecular formula is C10H13FN2O4S. The van der Waals surface area contributed by atoms with Crippen LogP contribution in [0, 0.1) is 5.82 Å². The van der Waals surface area contributed by atoms with Gasteiger partial charge in [-0.05, 0) is 18.2 Å². The van der Waals surface area contributed by atoms with Crippen LogP contribution in [0.5, 0.6) is 0 Å². The van der Waals surface area contributed by atoms with Crippen LogP contribution in [0.15, 0.2) is 18.2 Å². The number of amides is 1. The molecule has 100 valence electrons. The molecule has 0 aromatic heterocycles. The van der Waals surface area contributed by atoms with Crippen LogP contribution in [0.4, 0.5) is 15.8 Å². The fraction of sp³-hybridized carbons (Fsp3) is 0.300. The Hall–Kier alpha value is -1.67. The number of hydrogen-bond donors (Lipinski definition) is 2. The second-order valence-corrected chi connectivity index (χ2v) is 5.30. The molecule has 0 spiro atoms. The zero-order chi connectivity index (χ0) is 13.8. The third kappa shape index (κ3) is 4.68. The maximum atomic E-state index is 13.3. The summed E-state index contributed by atoms with van der Waals surface area (Å²) in [6, 6.07) is 3.55. The first kappa shape index (κ1) is 14.4. The van der Waals surface area contributed by atoms with E-state index in [2.05, 4.69) is 10.1 Å². The highest BCUT2D eigenvalue weighted by Gasteiger charge is 2.09. The number of carbonyl (C=O) groups excluding carboxylic acids is 1. The summed E-state index contributed by atoms with van der Waals surface area (Å²) in [7, 11) is -2.22. The third-order valence-electron chi connectivity index (χ3n) is 1.82. The Balaban J connectivity index is 2.90. The van der Waals surface area contributed by atoms with Crippen molar-refractivity contribution >= 4 is 27.3 Å². The Morgan fingerprint density at radius 2 is 2.11 bits per heavy atom. The molecule has 6 nitrogen and oxygen atoms in total. The van der Waals surface area contributed by atoms with Crippen LogP contribution in [0.2, 0.25) is 0 Å². The molecule has 1 amide bonds. The highest BCUT2D eigenvalue weighted by molar-refractivity contribution is 7.92. The molecule has 0 saturated heterocycles. The number of ether oxygens (including phenoxy) is 1. The third-order valence-corrected chi connectivity index (χ3v) is 2.41. The lowest BCUT2D eigenvalue weighted by atomic mass is 10.2. The molecule has 0 aliphatic carbocycles. The fourth-order valence-electron chi connectivity index (χ4n) is 1.21. The zero-order valence-corrected chi connectivity index (χ0v) is 10.7. The lowest BCUT2D eigenvalue weighted by Crippen LogP contribution is -2.17. The monoisotopic (exact) mass is 276 g/mol. The molecule has 0 heterocycles. The number of carbonyl (C=O) groups is 1. The lowest BCUT2D eigenvalue weighted by molar-refractivity contribution is -0.119. The van der Waals surface area contributed by atoms with E-state index in [0.717, 1.165) is 12.3 Å². The Labute approximate surface area is 104 Å². The van der Waals surface area contributed by atoms with Crippen LogP contribution in [-0.4, -0.2) is 34.3 Å². The summed E-state index contributed by atoms with van der Waals surface area (Å²) in [5, 5.41) is 2.43. The fourth-order valence-corrected chi connectivity index (χ4v) is 1.77. The number of benzene rings is 1. The van der Waals surface area contributed by atoms with Gasteiger partial charge in [0.05, 0.1) is 11.9 Å². The predicted molar refractivity (Wildman–Crippen MR) is 65.4 cm³/mol. The molecule has 0 bridgehead atoms. The molecule has 1 aromatic carbocycles. The molecule has 0 unspecified atom stereocenters. The van der Waals surface area contributed by atoms with Crippen molar-refractivity contribution in [2.75, 3.05) is 30.0 Å². The average molecular weight is 276 g/mol. The minimum Gasteiger partial charge on any atom is -0.375 e. The van der Waals surface area contributed by atoms with Gasteiger partial charge in [0.25, 0.3) is 0 Å². The van der Waals surface area contributed by atoms with Crippen molar-refractivity contribution < 1.29 is 22.3 Å². The molecule has 0 radical (unpaired) electrons. The molecule has 2 N–H and O–H groups in total. The van der Waals surface area contributed by atoms with Gasteiger partial charge in [-0.1, -0.05) is 0 Å². The van der Waals surface area contributed by atoms with Crippen molar-refractivity contribution in [1.82, 2.24) is 0 Å². The normalized spacial score (nSPS) is 11.1. The predicted octanol–water partition coefficient (Wildman–Crippen LogP) is 0.782. The van der Waals surface area contributed by atoms with Gasteiger partial charge in [0.2, 0.25) is 15.9 Å². The topological polar surface area (TPSA) is 84.5 Å². The molecule has 0 aliphatic rings. The minimum absolute atomic E-state index is 0.147. The van der Waals surface area contributed by atoms with Gasteiger partial charge in [-0.3, -0.25) is 9.52 Å². The SMILES string of the molecule is COCC(=O)Nc1ccc(F)c(NS(C)(=O)=O)c1. The van der Waals surface area contributed by atoms with Crippen LogP contribution >= 0.6 is 0 Å². The number of sulfonamides is 1. The van der Waals surface area contributed by atoms with E-state index in [1.807, 2.05) is 4.72 Å². The first-order chi connectivity index (χ1) is 8.31. The second kappa shape index (κ2) is 5.78. The van der Waals surface area contributed by atoms with Gasteiger partial charge in [-0.2, -0.15) is 0 Å². The Morgan fingerprint density at radius 1 is 1.44 bits per heavy atom. The number of rotatable bonds is 5. The van der Waals surface area contributed by atoms with Gasteiger partial charge >= 0.3 is 0 Å². The largest absolute Gasteiger partial charge is 0.375 e. The standard InChI is InChI=1S/C10H13FN2O4S/c1-17-6-10(14)12-7-3-4-8(11)9(5-7)13-18(2,15)16/h3-5,13H,6H2,1-2H3,(H,12,14). The van der Waals surface area contributed by atoms with Crippen LogP contribution in [0.3, 0.4) is 0 Å². The van der Waals surface area contributed by atoms with Gasteiger partial charge < -0.3 is 10.1 Å². The molecule has 18 heavy (non-hydrogen) atoms. The highest BCUT2D eigenvalue weighted by atomic mass is 32.2. The van der Waals surface area contributed by atoms with Crippen LogP contribution < -0.4 is 10.0 Å². The first-order valence-electron chi connectivity index (χ1n) is 4.88. The number of nitrogens with one attached hydrogen (secondary N) is 2. The summed E-state index contributed by atoms with van der Waals surface area (Å²) in [5.74, 6) is -1.15. The van der Waals surface area contributed by atoms with Gasteiger partial charge in [0.1, 0.15) is 12.4 Å². The zero-order valence-electron chi connectivity index (χ0n) is 9.86. The van der Waals surface area contributed by atoms with E-state index < -0.39 is 21.7 Å². The number of anilines is 2. The van der Waals surface area contributed by atoms with Crippen molar-refractivity contribution in [3.05, 3.63) is 24.0 Å². The second-order valence-electron chi connectivity index (χ2n) is 3.55. The van der Waals surface area contributed by atoms with Gasteiger partial charge in [0, 0.05) is 12.8 Å². The average Bonchev–Trinajstić information content (AvgIpc) is 2.21. The summed E-state index contributed by atoms with van der Waals surface area (Å²) in [4.78, 5) is 11.2. The van der Waals surface area contributed by atoms with Crippen molar-refractivity contribution in [1.29, 1.82) is 0 Å². The van der Waals surface area contributed by atoms with E-state index in [0.29, 0.717) is 0 Å². The smallest absolute Gasteiger partial charge is 0.250 e. The van der Waals surface area contributed by atoms with Crippen molar-refractivity contribution in [2.24, 2.45) is 0 Å². The van der Waals surface area contributed by atoms with E-state index in [4.69, 9.17) is 0 Å². The summed E-state index contributed by atoms with van der Waals surface area (Å²) < 4.78 is 42.0. The Bertz CT molecular complexity index is 545. The molecule has 0 aliphatic heterocycles. The maximum Gasteiger partial charge on any atom is 0.250 e. The van der Waals surface area contributed by atoms with E-state index in [1.165, 1.54) is 19.2 Å². The quantitative estimate of drug-likeness (QED) is 0.832. The van der Waals surface area contributed by atoms with Crippen molar-refractivity contribution in [2.45, 2.75) is 0 Å². The van der Waals surface area contributed by atoms with Crippen LogP contribution in [-0.2, 0) is 19.6 Å². The Morgan fingerprint density at radius 3 is 2.67 bits per heavy atom. The van der Waals surface area contributed by atoms with Crippen molar-refractivity contribution in [3.8, 4) is 0 Å². The molecular weight excluding hydrogens is 263 g/mol. The molecule has 0 atom stereocenters. The van der Waals surface area contributed by atoms with Crippen LogP contribution in [0.1, 0.15) is 0 Å².